The Kier molecular flexibility index (Phi) is 8.65. The topological polar surface area (TPSA) is 137 Å². The Bertz CT molecular complexity index is 1780. The van der Waals surface area contributed by atoms with E-state index in [-0.39, 0.29) is 18.4 Å². The van der Waals surface area contributed by atoms with E-state index >= 15 is 0 Å². The molecule has 1 atom stereocenters. The molecule has 0 saturated carbocycles. The number of halogens is 1. The van der Waals surface area contributed by atoms with E-state index in [9.17, 15) is 13.2 Å². The molecule has 0 fully saturated rings. The maximum Gasteiger partial charge on any atom is 0.414 e. The number of aliphatic imine (C=N–C) groups is 1. The normalized spacial score (nSPS) is 16.7. The summed E-state index contributed by atoms with van der Waals surface area (Å²) in [5.74, 6) is -0.100. The molecule has 0 aliphatic carbocycles. The van der Waals surface area contributed by atoms with Crippen molar-refractivity contribution in [2.75, 3.05) is 19.9 Å². The number of ether oxygens (including phenoxy) is 3. The minimum absolute atomic E-state index is 0.153. The SMILES string of the molecule is COc1ncnc2cc(-c3cc(Cl)c([C@@H]4CS(=O)(=O)N(C)C(NC(=O)OC(C)(C)C)=N4)s3)n(COCc3ccccc3)c12. The lowest BCUT2D eigenvalue weighted by Gasteiger charge is -2.29. The fourth-order valence-corrected chi connectivity index (χ4v) is 7.32. The number of sulfonamides is 1. The molecule has 15 heteroatoms. The summed E-state index contributed by atoms with van der Waals surface area (Å²) < 4.78 is 45.9. The van der Waals surface area contributed by atoms with Gasteiger partial charge in [-0.3, -0.25) is 5.32 Å². The Hall–Kier alpha value is -3.72. The summed E-state index contributed by atoms with van der Waals surface area (Å²) in [5.41, 5.74) is 2.25. The molecule has 1 aliphatic heterocycles. The second-order valence-corrected chi connectivity index (χ2v) is 14.2. The molecule has 3 aromatic heterocycles. The van der Waals surface area contributed by atoms with Crippen LogP contribution in [0.2, 0.25) is 5.02 Å². The molecule has 1 aromatic carbocycles. The van der Waals surface area contributed by atoms with E-state index in [1.807, 2.05) is 41.0 Å². The Morgan fingerprint density at radius 2 is 1.93 bits per heavy atom. The quantitative estimate of drug-likeness (QED) is 0.290. The molecular weight excluding hydrogens is 616 g/mol. The van der Waals surface area contributed by atoms with Crippen molar-refractivity contribution in [3.05, 3.63) is 64.3 Å². The van der Waals surface area contributed by atoms with Crippen molar-refractivity contribution in [1.82, 2.24) is 24.2 Å². The maximum absolute atomic E-state index is 13.1. The van der Waals surface area contributed by atoms with Gasteiger partial charge in [0.25, 0.3) is 0 Å². The van der Waals surface area contributed by atoms with Crippen LogP contribution >= 0.6 is 22.9 Å². The van der Waals surface area contributed by atoms with Crippen molar-refractivity contribution < 1.29 is 27.4 Å². The summed E-state index contributed by atoms with van der Waals surface area (Å²) in [4.78, 5) is 26.9. The van der Waals surface area contributed by atoms with Gasteiger partial charge >= 0.3 is 6.09 Å². The number of methoxy groups -OCH3 is 1. The first-order valence-corrected chi connectivity index (χ1v) is 16.0. The van der Waals surface area contributed by atoms with E-state index in [2.05, 4.69) is 20.3 Å². The number of guanidine groups is 1. The van der Waals surface area contributed by atoms with Gasteiger partial charge in [0.15, 0.2) is 0 Å². The first-order valence-electron chi connectivity index (χ1n) is 13.2. The zero-order valence-electron chi connectivity index (χ0n) is 24.2. The van der Waals surface area contributed by atoms with Crippen molar-refractivity contribution >= 4 is 56.0 Å². The fourth-order valence-electron chi connectivity index (χ4n) is 4.46. The summed E-state index contributed by atoms with van der Waals surface area (Å²) in [6.45, 7) is 5.66. The van der Waals surface area contributed by atoms with Crippen molar-refractivity contribution in [2.45, 2.75) is 45.8 Å². The lowest BCUT2D eigenvalue weighted by atomic mass is 10.2. The minimum atomic E-state index is -3.83. The molecule has 5 rings (SSSR count). The van der Waals surface area contributed by atoms with Crippen LogP contribution in [0.5, 0.6) is 5.88 Å². The van der Waals surface area contributed by atoms with Gasteiger partial charge in [-0.05, 0) is 38.5 Å². The number of benzene rings is 1. The van der Waals surface area contributed by atoms with Crippen LogP contribution in [0.3, 0.4) is 0 Å². The number of aromatic nitrogens is 3. The van der Waals surface area contributed by atoms with Crippen molar-refractivity contribution in [2.24, 2.45) is 4.99 Å². The average molecular weight is 647 g/mol. The monoisotopic (exact) mass is 646 g/mol. The molecule has 43 heavy (non-hydrogen) atoms. The van der Waals surface area contributed by atoms with E-state index in [1.165, 1.54) is 31.8 Å². The first-order chi connectivity index (χ1) is 20.4. The summed E-state index contributed by atoms with van der Waals surface area (Å²) in [6, 6.07) is 12.6. The highest BCUT2D eigenvalue weighted by Crippen LogP contribution is 2.43. The van der Waals surface area contributed by atoms with E-state index in [1.54, 1.807) is 26.8 Å². The second-order valence-electron chi connectivity index (χ2n) is 10.7. The van der Waals surface area contributed by atoms with Gasteiger partial charge in [-0.25, -0.2) is 27.5 Å². The molecule has 228 valence electrons. The third kappa shape index (κ3) is 6.77. The fraction of sp³-hybridized carbons (Fsp3) is 0.357. The van der Waals surface area contributed by atoms with Crippen LogP contribution in [0.4, 0.5) is 4.79 Å². The van der Waals surface area contributed by atoms with Crippen LogP contribution in [-0.4, -0.2) is 64.8 Å². The third-order valence-corrected chi connectivity index (χ3v) is 9.85. The summed E-state index contributed by atoms with van der Waals surface area (Å²) in [7, 11) is -0.967. The molecule has 4 heterocycles. The van der Waals surface area contributed by atoms with Gasteiger partial charge < -0.3 is 18.8 Å². The highest BCUT2D eigenvalue weighted by molar-refractivity contribution is 7.89. The van der Waals surface area contributed by atoms with Gasteiger partial charge in [-0.2, -0.15) is 4.98 Å². The molecule has 0 unspecified atom stereocenters. The van der Waals surface area contributed by atoms with Gasteiger partial charge in [0.2, 0.25) is 21.9 Å². The number of alkyl carbamates (subject to hydrolysis) is 1. The highest BCUT2D eigenvalue weighted by atomic mass is 35.5. The number of nitrogens with one attached hydrogen (secondary N) is 1. The number of thiophene rings is 1. The predicted octanol–water partition coefficient (Wildman–Crippen LogP) is 5.19. The molecule has 0 saturated heterocycles. The smallest absolute Gasteiger partial charge is 0.414 e. The van der Waals surface area contributed by atoms with E-state index in [0.717, 1.165) is 20.4 Å². The predicted molar refractivity (Wildman–Crippen MR) is 165 cm³/mol. The molecule has 0 spiro atoms. The number of amides is 1. The summed E-state index contributed by atoms with van der Waals surface area (Å²) in [6.07, 6.45) is 0.603. The second kappa shape index (κ2) is 12.1. The number of fused-ring (bicyclic) bond motifs is 1. The van der Waals surface area contributed by atoms with Crippen LogP contribution < -0.4 is 10.1 Å². The van der Waals surface area contributed by atoms with Crippen molar-refractivity contribution in [1.29, 1.82) is 0 Å². The number of hydrogen-bond acceptors (Lipinski definition) is 10. The van der Waals surface area contributed by atoms with E-state index < -0.39 is 27.8 Å². The molecule has 1 amide bonds. The van der Waals surface area contributed by atoms with Crippen LogP contribution in [0.15, 0.2) is 53.8 Å². The van der Waals surface area contributed by atoms with E-state index in [4.69, 9.17) is 25.8 Å². The summed E-state index contributed by atoms with van der Waals surface area (Å²) >= 11 is 8.01. The van der Waals surface area contributed by atoms with Crippen molar-refractivity contribution in [3.63, 3.8) is 0 Å². The van der Waals surface area contributed by atoms with Crippen LogP contribution in [0.25, 0.3) is 21.6 Å². The average Bonchev–Trinajstić information content (AvgIpc) is 3.51. The Labute approximate surface area is 258 Å². The van der Waals surface area contributed by atoms with Crippen LogP contribution in [0.1, 0.15) is 37.3 Å². The lowest BCUT2D eigenvalue weighted by molar-refractivity contribution is 0.0559. The lowest BCUT2D eigenvalue weighted by Crippen LogP contribution is -2.50. The molecule has 0 radical (unpaired) electrons. The standard InChI is InChI=1S/C28H31ClN6O6S2/c1-28(2,3)41-27(36)33-26-32-20(14-43(37,38)34(26)4)24-18(29)11-22(42-24)21-12-19-23(25(39-5)31-15-30-19)35(21)16-40-13-17-9-7-6-8-10-17/h6-12,15,20H,13-14,16H2,1-5H3,(H,32,33,36)/t20-/m0/s1. The van der Waals surface area contributed by atoms with Gasteiger partial charge in [-0.1, -0.05) is 41.9 Å². The maximum atomic E-state index is 13.1. The first kappa shape index (κ1) is 30.7. The van der Waals surface area contributed by atoms with E-state index in [0.29, 0.717) is 33.4 Å². The Morgan fingerprint density at radius 3 is 2.63 bits per heavy atom. The Balaban J connectivity index is 1.51. The number of carbonyl (C=O) groups excluding carboxylic acids is 1. The number of rotatable bonds is 7. The third-order valence-electron chi connectivity index (χ3n) is 6.42. The zero-order valence-corrected chi connectivity index (χ0v) is 26.6. The molecule has 1 N–H and O–H groups in total. The Morgan fingerprint density at radius 1 is 1.19 bits per heavy atom. The van der Waals surface area contributed by atoms with Gasteiger partial charge in [0, 0.05) is 11.9 Å². The highest BCUT2D eigenvalue weighted by Gasteiger charge is 2.36. The number of carbonyl (C=O) groups is 1. The van der Waals surface area contributed by atoms with Gasteiger partial charge in [-0.15, -0.1) is 11.3 Å². The summed E-state index contributed by atoms with van der Waals surface area (Å²) in [5, 5.41) is 2.80. The molecule has 12 nitrogen and oxygen atoms in total. The van der Waals surface area contributed by atoms with Gasteiger partial charge in [0.05, 0.1) is 40.6 Å². The zero-order chi connectivity index (χ0) is 30.9. The van der Waals surface area contributed by atoms with Crippen molar-refractivity contribution in [3.8, 4) is 16.5 Å². The van der Waals surface area contributed by atoms with Crippen LogP contribution in [-0.2, 0) is 32.8 Å². The van der Waals surface area contributed by atoms with Crippen LogP contribution in [0, 0.1) is 0 Å². The number of hydrogen-bond donors (Lipinski definition) is 1. The molecule has 4 aromatic rings. The number of nitrogens with zero attached hydrogens (tertiary/aromatic N) is 5. The molecule has 1 aliphatic rings. The minimum Gasteiger partial charge on any atom is -0.479 e. The largest absolute Gasteiger partial charge is 0.479 e. The van der Waals surface area contributed by atoms with Gasteiger partial charge in [0.1, 0.15) is 30.2 Å². The molecule has 0 bridgehead atoms. The molecular formula is C28H31ClN6O6S2.